The minimum Gasteiger partial charge on any atom is -0.369 e. The molecule has 0 radical (unpaired) electrons. The van der Waals surface area contributed by atoms with Gasteiger partial charge in [-0.3, -0.25) is 14.8 Å². The van der Waals surface area contributed by atoms with E-state index in [1.807, 2.05) is 12.1 Å². The Morgan fingerprint density at radius 2 is 2.03 bits per heavy atom. The van der Waals surface area contributed by atoms with Crippen LogP contribution in [-0.4, -0.2) is 60.3 Å². The Labute approximate surface area is 177 Å². The predicted molar refractivity (Wildman–Crippen MR) is 117 cm³/mol. The highest BCUT2D eigenvalue weighted by molar-refractivity contribution is 6.04. The summed E-state index contributed by atoms with van der Waals surface area (Å²) in [6.07, 6.45) is 3.71. The van der Waals surface area contributed by atoms with Crippen molar-refractivity contribution < 1.29 is 4.79 Å². The van der Waals surface area contributed by atoms with Crippen molar-refractivity contribution in [3.63, 3.8) is 0 Å². The molecule has 5 rings (SSSR count). The maximum absolute atomic E-state index is 12.7. The number of nitrogens with zero attached hydrogens (tertiary/aromatic N) is 3. The second-order valence-corrected chi connectivity index (χ2v) is 8.19. The van der Waals surface area contributed by atoms with Gasteiger partial charge in [-0.15, -0.1) is 12.4 Å². The Morgan fingerprint density at radius 1 is 1.21 bits per heavy atom. The van der Waals surface area contributed by atoms with Gasteiger partial charge in [0.05, 0.1) is 0 Å². The number of anilines is 2. The SMILES string of the molecule is Cl.O=C(Nc1cccc(N2CCN(CC3CC3)CC2)c1)c1n[nH]c2c1CNCC2. The molecule has 1 amide bonds. The van der Waals surface area contributed by atoms with Crippen LogP contribution in [0.1, 0.15) is 34.6 Å². The van der Waals surface area contributed by atoms with Crippen LogP contribution in [0, 0.1) is 5.92 Å². The number of piperazine rings is 1. The molecule has 7 nitrogen and oxygen atoms in total. The van der Waals surface area contributed by atoms with Crippen LogP contribution < -0.4 is 15.5 Å². The van der Waals surface area contributed by atoms with E-state index in [9.17, 15) is 4.79 Å². The summed E-state index contributed by atoms with van der Waals surface area (Å²) in [5, 5.41) is 13.6. The van der Waals surface area contributed by atoms with Crippen LogP contribution in [-0.2, 0) is 13.0 Å². The Hall–Kier alpha value is -2.09. The Kier molecular flexibility index (Phi) is 6.08. The highest BCUT2D eigenvalue weighted by Gasteiger charge is 2.26. The van der Waals surface area contributed by atoms with Crippen LogP contribution in [0.4, 0.5) is 11.4 Å². The molecule has 0 atom stereocenters. The van der Waals surface area contributed by atoms with E-state index in [4.69, 9.17) is 0 Å². The van der Waals surface area contributed by atoms with Gasteiger partial charge in [-0.1, -0.05) is 6.07 Å². The number of nitrogens with one attached hydrogen (secondary N) is 3. The first-order chi connectivity index (χ1) is 13.8. The number of rotatable bonds is 5. The normalized spacial score (nSPS) is 19.4. The zero-order valence-corrected chi connectivity index (χ0v) is 17.4. The van der Waals surface area contributed by atoms with E-state index >= 15 is 0 Å². The molecule has 1 aromatic heterocycles. The molecule has 2 fully saturated rings. The fourth-order valence-electron chi connectivity index (χ4n) is 4.24. The maximum Gasteiger partial charge on any atom is 0.276 e. The van der Waals surface area contributed by atoms with Crippen molar-refractivity contribution >= 4 is 29.7 Å². The van der Waals surface area contributed by atoms with Crippen LogP contribution >= 0.6 is 12.4 Å². The maximum atomic E-state index is 12.7. The lowest BCUT2D eigenvalue weighted by atomic mass is 10.1. The number of hydrogen-bond acceptors (Lipinski definition) is 5. The zero-order chi connectivity index (χ0) is 18.9. The molecule has 0 spiro atoms. The van der Waals surface area contributed by atoms with E-state index in [1.165, 1.54) is 25.1 Å². The van der Waals surface area contributed by atoms with Gasteiger partial charge >= 0.3 is 0 Å². The van der Waals surface area contributed by atoms with Crippen LogP contribution in [0.5, 0.6) is 0 Å². The number of fused-ring (bicyclic) bond motifs is 1. The number of aromatic amines is 1. The third kappa shape index (κ3) is 4.57. The number of aromatic nitrogens is 2. The third-order valence-corrected chi connectivity index (χ3v) is 6.08. The summed E-state index contributed by atoms with van der Waals surface area (Å²) >= 11 is 0. The van der Waals surface area contributed by atoms with E-state index in [0.717, 1.165) is 62.0 Å². The van der Waals surface area contributed by atoms with Crippen molar-refractivity contribution in [3.05, 3.63) is 41.2 Å². The van der Waals surface area contributed by atoms with Crippen molar-refractivity contribution in [3.8, 4) is 0 Å². The minimum absolute atomic E-state index is 0. The predicted octanol–water partition coefficient (Wildman–Crippen LogP) is 2.26. The summed E-state index contributed by atoms with van der Waals surface area (Å²) in [5.41, 5.74) is 4.56. The summed E-state index contributed by atoms with van der Waals surface area (Å²) in [4.78, 5) is 17.8. The van der Waals surface area contributed by atoms with Crippen molar-refractivity contribution in [1.29, 1.82) is 0 Å². The van der Waals surface area contributed by atoms with Crippen molar-refractivity contribution in [1.82, 2.24) is 20.4 Å². The molecule has 1 saturated heterocycles. The van der Waals surface area contributed by atoms with Crippen molar-refractivity contribution in [2.24, 2.45) is 5.92 Å². The van der Waals surface area contributed by atoms with Crippen molar-refractivity contribution in [2.45, 2.75) is 25.8 Å². The summed E-state index contributed by atoms with van der Waals surface area (Å²) in [5.74, 6) is 0.806. The number of carbonyl (C=O) groups is 1. The fourth-order valence-corrected chi connectivity index (χ4v) is 4.24. The first-order valence-electron chi connectivity index (χ1n) is 10.4. The molecule has 8 heteroatoms. The average molecular weight is 417 g/mol. The standard InChI is InChI=1S/C21H28N6O.ClH/c28-21(20-18-13-22-7-6-19(18)24-25-20)23-16-2-1-3-17(12-16)27-10-8-26(9-11-27)14-15-4-5-15;/h1-3,12,15,22H,4-11,13-14H2,(H,23,28)(H,24,25);1H. The molecule has 156 valence electrons. The first kappa shape index (κ1) is 20.2. The average Bonchev–Trinajstić information content (AvgIpc) is 3.43. The number of carbonyl (C=O) groups excluding carboxylic acids is 1. The second kappa shape index (κ2) is 8.73. The van der Waals surface area contributed by atoms with Gasteiger partial charge in [0.2, 0.25) is 0 Å². The molecular formula is C21H29ClN6O. The smallest absolute Gasteiger partial charge is 0.276 e. The van der Waals surface area contributed by atoms with Gasteiger partial charge in [-0.05, 0) is 37.0 Å². The third-order valence-electron chi connectivity index (χ3n) is 6.08. The highest BCUT2D eigenvalue weighted by Crippen LogP contribution is 2.30. The van der Waals surface area contributed by atoms with E-state index in [1.54, 1.807) is 0 Å². The number of hydrogen-bond donors (Lipinski definition) is 3. The molecule has 3 N–H and O–H groups in total. The highest BCUT2D eigenvalue weighted by atomic mass is 35.5. The minimum atomic E-state index is -0.146. The van der Waals surface area contributed by atoms with Gasteiger partial charge in [-0.2, -0.15) is 5.10 Å². The lowest BCUT2D eigenvalue weighted by molar-refractivity contribution is 0.102. The summed E-state index contributed by atoms with van der Waals surface area (Å²) in [6, 6.07) is 8.17. The number of benzene rings is 1. The van der Waals surface area contributed by atoms with Gasteiger partial charge in [0.1, 0.15) is 0 Å². The summed E-state index contributed by atoms with van der Waals surface area (Å²) < 4.78 is 0. The zero-order valence-electron chi connectivity index (χ0n) is 16.6. The molecular weight excluding hydrogens is 388 g/mol. The molecule has 2 aromatic rings. The van der Waals surface area contributed by atoms with E-state index in [2.05, 4.69) is 42.8 Å². The van der Waals surface area contributed by atoms with E-state index < -0.39 is 0 Å². The van der Waals surface area contributed by atoms with E-state index in [0.29, 0.717) is 12.2 Å². The Bertz CT molecular complexity index is 857. The first-order valence-corrected chi connectivity index (χ1v) is 10.4. The molecule has 3 aliphatic rings. The van der Waals surface area contributed by atoms with Crippen LogP contribution in [0.2, 0.25) is 0 Å². The lowest BCUT2D eigenvalue weighted by Crippen LogP contribution is -2.47. The summed E-state index contributed by atoms with van der Waals surface area (Å²) in [6.45, 7) is 7.23. The fraction of sp³-hybridized carbons (Fsp3) is 0.524. The molecule has 3 heterocycles. The lowest BCUT2D eigenvalue weighted by Gasteiger charge is -2.36. The quantitative estimate of drug-likeness (QED) is 0.697. The monoisotopic (exact) mass is 416 g/mol. The number of halogens is 1. The number of H-pyrrole nitrogens is 1. The molecule has 29 heavy (non-hydrogen) atoms. The van der Waals surface area contributed by atoms with E-state index in [-0.39, 0.29) is 18.3 Å². The van der Waals surface area contributed by atoms with Gasteiger partial charge in [-0.25, -0.2) is 0 Å². The molecule has 1 aromatic carbocycles. The van der Waals surface area contributed by atoms with Gasteiger partial charge < -0.3 is 15.5 Å². The molecule has 1 aliphatic carbocycles. The Balaban J connectivity index is 0.00000205. The largest absolute Gasteiger partial charge is 0.369 e. The molecule has 0 bridgehead atoms. The summed E-state index contributed by atoms with van der Waals surface area (Å²) in [7, 11) is 0. The van der Waals surface area contributed by atoms with Gasteiger partial charge in [0.25, 0.3) is 5.91 Å². The van der Waals surface area contributed by atoms with Crippen molar-refractivity contribution in [2.75, 3.05) is 49.5 Å². The number of amides is 1. The molecule has 1 saturated carbocycles. The molecule has 2 aliphatic heterocycles. The molecule has 0 unspecified atom stereocenters. The van der Waals surface area contributed by atoms with Crippen LogP contribution in [0.25, 0.3) is 0 Å². The topological polar surface area (TPSA) is 76.3 Å². The van der Waals surface area contributed by atoms with Crippen LogP contribution in [0.15, 0.2) is 24.3 Å². The van der Waals surface area contributed by atoms with Gasteiger partial charge in [0, 0.05) is 74.9 Å². The van der Waals surface area contributed by atoms with Gasteiger partial charge in [0.15, 0.2) is 5.69 Å². The second-order valence-electron chi connectivity index (χ2n) is 8.19. The Morgan fingerprint density at radius 3 is 2.83 bits per heavy atom. The van der Waals surface area contributed by atoms with Crippen LogP contribution in [0.3, 0.4) is 0 Å².